The lowest BCUT2D eigenvalue weighted by Gasteiger charge is -2.06. The van der Waals surface area contributed by atoms with Crippen molar-refractivity contribution in [3.05, 3.63) is 40.2 Å². The van der Waals surface area contributed by atoms with E-state index in [-0.39, 0.29) is 5.88 Å². The van der Waals surface area contributed by atoms with E-state index in [2.05, 4.69) is 15.4 Å². The van der Waals surface area contributed by atoms with Crippen LogP contribution in [0.15, 0.2) is 29.8 Å². The quantitative estimate of drug-likeness (QED) is 0.696. The van der Waals surface area contributed by atoms with Gasteiger partial charge in [-0.3, -0.25) is 0 Å². The molecule has 24 heavy (non-hydrogen) atoms. The van der Waals surface area contributed by atoms with Gasteiger partial charge >= 0.3 is 5.97 Å². The summed E-state index contributed by atoms with van der Waals surface area (Å²) in [6, 6.07) is 5.48. The van der Waals surface area contributed by atoms with Crippen LogP contribution in [0.4, 0.5) is 5.82 Å². The number of aromatic hydroxyl groups is 1. The first-order valence-corrected chi connectivity index (χ1v) is 8.25. The van der Waals surface area contributed by atoms with Gasteiger partial charge in [-0.05, 0) is 30.0 Å². The first-order chi connectivity index (χ1) is 11.7. The molecule has 0 aromatic carbocycles. The van der Waals surface area contributed by atoms with Crippen LogP contribution < -0.4 is 5.32 Å². The van der Waals surface area contributed by atoms with Crippen molar-refractivity contribution in [1.82, 2.24) is 14.8 Å². The molecule has 0 aliphatic carbocycles. The zero-order valence-electron chi connectivity index (χ0n) is 12.8. The summed E-state index contributed by atoms with van der Waals surface area (Å²) in [4.78, 5) is 16.6. The fourth-order valence-corrected chi connectivity index (χ4v) is 3.60. The smallest absolute Gasteiger partial charge is 0.350 e. The Kier molecular flexibility index (Phi) is 3.46. The van der Waals surface area contributed by atoms with Crippen LogP contribution in [-0.2, 0) is 11.2 Å². The lowest BCUT2D eigenvalue weighted by atomic mass is 10.1. The highest BCUT2D eigenvalue weighted by Crippen LogP contribution is 2.38. The summed E-state index contributed by atoms with van der Waals surface area (Å²) in [5, 5.41) is 20.2. The molecule has 122 valence electrons. The van der Waals surface area contributed by atoms with Gasteiger partial charge in [0.25, 0.3) is 0 Å². The predicted molar refractivity (Wildman–Crippen MR) is 89.9 cm³/mol. The third-order valence-corrected chi connectivity index (χ3v) is 4.81. The van der Waals surface area contributed by atoms with E-state index in [0.29, 0.717) is 29.2 Å². The number of esters is 1. The average molecular weight is 342 g/mol. The van der Waals surface area contributed by atoms with Crippen LogP contribution in [-0.4, -0.2) is 39.5 Å². The Balaban J connectivity index is 1.91. The van der Waals surface area contributed by atoms with E-state index in [4.69, 9.17) is 4.74 Å². The first-order valence-electron chi connectivity index (χ1n) is 7.37. The number of nitrogens with one attached hydrogen (secondary N) is 1. The van der Waals surface area contributed by atoms with Gasteiger partial charge in [0.15, 0.2) is 0 Å². The molecule has 4 rings (SSSR count). The monoisotopic (exact) mass is 342 g/mol. The van der Waals surface area contributed by atoms with Gasteiger partial charge < -0.3 is 15.2 Å². The number of pyridine rings is 1. The highest BCUT2D eigenvalue weighted by Gasteiger charge is 2.26. The van der Waals surface area contributed by atoms with E-state index in [1.54, 1.807) is 17.6 Å². The molecule has 0 saturated carbocycles. The minimum absolute atomic E-state index is 0.0343. The van der Waals surface area contributed by atoms with Crippen LogP contribution in [0.2, 0.25) is 0 Å². The lowest BCUT2D eigenvalue weighted by molar-refractivity contribution is 0.0606. The summed E-state index contributed by atoms with van der Waals surface area (Å²) in [6.45, 7) is 0.643. The fraction of sp³-hybridized carbons (Fsp3) is 0.188. The van der Waals surface area contributed by atoms with Crippen LogP contribution in [0.3, 0.4) is 0 Å². The minimum atomic E-state index is -0.450. The van der Waals surface area contributed by atoms with Gasteiger partial charge in [0.05, 0.1) is 12.8 Å². The first kappa shape index (κ1) is 14.7. The fourth-order valence-electron chi connectivity index (χ4n) is 2.81. The molecule has 1 aliphatic heterocycles. The van der Waals surface area contributed by atoms with Gasteiger partial charge in [-0.15, -0.1) is 11.3 Å². The van der Waals surface area contributed by atoms with Crippen molar-refractivity contribution < 1.29 is 14.6 Å². The van der Waals surface area contributed by atoms with Gasteiger partial charge in [0, 0.05) is 23.9 Å². The topological polar surface area (TPSA) is 89.3 Å². The van der Waals surface area contributed by atoms with Crippen LogP contribution in [0.5, 0.6) is 5.88 Å². The maximum Gasteiger partial charge on any atom is 0.350 e. The second kappa shape index (κ2) is 5.64. The molecular formula is C16H14N4O3S. The third-order valence-electron chi connectivity index (χ3n) is 3.93. The highest BCUT2D eigenvalue weighted by atomic mass is 32.1. The van der Waals surface area contributed by atoms with Crippen molar-refractivity contribution in [2.45, 2.75) is 6.42 Å². The third kappa shape index (κ3) is 2.15. The Labute approximate surface area is 141 Å². The number of aromatic nitrogens is 3. The van der Waals surface area contributed by atoms with E-state index in [1.165, 1.54) is 23.1 Å². The molecule has 0 amide bonds. The minimum Gasteiger partial charge on any atom is -0.493 e. The van der Waals surface area contributed by atoms with Gasteiger partial charge in [-0.2, -0.15) is 9.78 Å². The lowest BCUT2D eigenvalue weighted by Crippen LogP contribution is -2.07. The summed E-state index contributed by atoms with van der Waals surface area (Å²) in [5.74, 6) is 0.320. The number of carbonyl (C=O) groups is 1. The molecule has 7 nitrogen and oxygen atoms in total. The molecule has 3 aromatic heterocycles. The second-order valence-electron chi connectivity index (χ2n) is 5.27. The number of carbonyl (C=O) groups excluding carboxylic acids is 1. The van der Waals surface area contributed by atoms with Crippen LogP contribution in [0.25, 0.3) is 16.9 Å². The Morgan fingerprint density at radius 2 is 2.33 bits per heavy atom. The summed E-state index contributed by atoms with van der Waals surface area (Å²) < 4.78 is 6.20. The maximum atomic E-state index is 11.9. The van der Waals surface area contributed by atoms with Gasteiger partial charge in [-0.25, -0.2) is 9.78 Å². The molecule has 8 heteroatoms. The van der Waals surface area contributed by atoms with Crippen molar-refractivity contribution in [3.63, 3.8) is 0 Å². The summed E-state index contributed by atoms with van der Waals surface area (Å²) in [6.07, 6.45) is 2.32. The molecule has 0 bridgehead atoms. The second-order valence-corrected chi connectivity index (χ2v) is 6.18. The number of hydrogen-bond acceptors (Lipinski definition) is 7. The molecule has 0 unspecified atom stereocenters. The molecule has 0 fully saturated rings. The average Bonchev–Trinajstić information content (AvgIpc) is 3.15. The summed E-state index contributed by atoms with van der Waals surface area (Å²) in [5.41, 5.74) is 2.74. The molecule has 3 aromatic rings. The van der Waals surface area contributed by atoms with E-state index in [1.807, 2.05) is 12.1 Å². The SMILES string of the molecule is COC(=O)c1sccc1-n1nc2c(c1O)CCNc1ncccc1-2. The van der Waals surface area contributed by atoms with Crippen LogP contribution in [0, 0.1) is 0 Å². The van der Waals surface area contributed by atoms with Crippen molar-refractivity contribution in [2.75, 3.05) is 19.0 Å². The van der Waals surface area contributed by atoms with Crippen LogP contribution >= 0.6 is 11.3 Å². The zero-order valence-corrected chi connectivity index (χ0v) is 13.6. The molecular weight excluding hydrogens is 328 g/mol. The Hall–Kier alpha value is -2.87. The molecule has 4 heterocycles. The zero-order chi connectivity index (χ0) is 16.7. The Morgan fingerprint density at radius 1 is 1.46 bits per heavy atom. The van der Waals surface area contributed by atoms with Crippen LogP contribution in [0.1, 0.15) is 15.2 Å². The number of anilines is 1. The summed E-state index contributed by atoms with van der Waals surface area (Å²) >= 11 is 1.25. The molecule has 0 saturated heterocycles. The number of hydrogen-bond donors (Lipinski definition) is 2. The number of nitrogens with zero attached hydrogens (tertiary/aromatic N) is 3. The highest BCUT2D eigenvalue weighted by molar-refractivity contribution is 7.12. The molecule has 2 N–H and O–H groups in total. The van der Waals surface area contributed by atoms with Gasteiger partial charge in [0.2, 0.25) is 5.88 Å². The van der Waals surface area contributed by atoms with Crippen molar-refractivity contribution >= 4 is 23.1 Å². The van der Waals surface area contributed by atoms with Gasteiger partial charge in [0.1, 0.15) is 16.4 Å². The number of ether oxygens (including phenoxy) is 1. The van der Waals surface area contributed by atoms with E-state index in [0.717, 1.165) is 16.9 Å². The Bertz CT molecular complexity index is 931. The Morgan fingerprint density at radius 3 is 3.17 bits per heavy atom. The standard InChI is InChI=1S/C16H14N4O3S/c1-23-16(22)13-11(5-8-24-13)20-15(21)10-4-7-18-14-9(12(10)19-20)3-2-6-17-14/h2-3,5-6,8,21H,4,7H2,1H3,(H,17,18). The number of thiophene rings is 1. The van der Waals surface area contributed by atoms with Crippen molar-refractivity contribution in [3.8, 4) is 22.8 Å². The number of rotatable bonds is 2. The molecule has 0 radical (unpaired) electrons. The number of methoxy groups -OCH3 is 1. The summed E-state index contributed by atoms with van der Waals surface area (Å²) in [7, 11) is 1.33. The molecule has 0 atom stereocenters. The predicted octanol–water partition coefficient (Wildman–Crippen LogP) is 2.46. The van der Waals surface area contributed by atoms with Gasteiger partial charge in [-0.1, -0.05) is 0 Å². The number of fused-ring (bicyclic) bond motifs is 3. The molecule has 0 spiro atoms. The maximum absolute atomic E-state index is 11.9. The van der Waals surface area contributed by atoms with E-state index < -0.39 is 5.97 Å². The van der Waals surface area contributed by atoms with Crippen molar-refractivity contribution in [2.24, 2.45) is 0 Å². The molecule has 1 aliphatic rings. The van der Waals surface area contributed by atoms with E-state index in [9.17, 15) is 9.90 Å². The van der Waals surface area contributed by atoms with E-state index >= 15 is 0 Å². The van der Waals surface area contributed by atoms with Crippen molar-refractivity contribution in [1.29, 1.82) is 0 Å². The largest absolute Gasteiger partial charge is 0.493 e. The normalized spacial score (nSPS) is 12.7.